The molecule has 0 radical (unpaired) electrons. The predicted molar refractivity (Wildman–Crippen MR) is 69.3 cm³/mol. The van der Waals surface area contributed by atoms with Crippen molar-refractivity contribution in [2.75, 3.05) is 26.3 Å². The molecule has 2 rings (SSSR count). The first-order valence-electron chi connectivity index (χ1n) is 6.69. The molecule has 1 aliphatic rings. The molecule has 0 aromatic carbocycles. The monoisotopic (exact) mass is 253 g/mol. The number of rotatable bonds is 9. The number of aryl methyl sites for hydroxylation is 1. The Morgan fingerprint density at radius 2 is 2.44 bits per heavy atom. The molecule has 1 saturated carbocycles. The number of aliphatic hydroxyl groups is 1. The highest BCUT2D eigenvalue weighted by molar-refractivity contribution is 5.00. The summed E-state index contributed by atoms with van der Waals surface area (Å²) < 4.78 is 7.31. The van der Waals surface area contributed by atoms with E-state index in [2.05, 4.69) is 10.4 Å². The second-order valence-corrected chi connectivity index (χ2v) is 5.03. The van der Waals surface area contributed by atoms with Crippen molar-refractivity contribution in [2.45, 2.75) is 25.4 Å². The van der Waals surface area contributed by atoms with Gasteiger partial charge in [0.15, 0.2) is 0 Å². The van der Waals surface area contributed by atoms with Crippen LogP contribution in [0.25, 0.3) is 0 Å². The Kier molecular flexibility index (Phi) is 5.16. The molecule has 18 heavy (non-hydrogen) atoms. The molecule has 5 nitrogen and oxygen atoms in total. The Morgan fingerprint density at radius 3 is 3.11 bits per heavy atom. The molecule has 0 saturated heterocycles. The molecule has 1 aromatic heterocycles. The summed E-state index contributed by atoms with van der Waals surface area (Å²) in [7, 11) is 1.94. The van der Waals surface area contributed by atoms with Crippen LogP contribution in [0.4, 0.5) is 0 Å². The van der Waals surface area contributed by atoms with Crippen LogP contribution < -0.4 is 5.32 Å². The molecule has 102 valence electrons. The first-order valence-corrected chi connectivity index (χ1v) is 6.69. The summed E-state index contributed by atoms with van der Waals surface area (Å²) in [6.07, 6.45) is 4.90. The number of nitrogens with zero attached hydrogens (tertiary/aromatic N) is 2. The Hall–Kier alpha value is -0.910. The fourth-order valence-corrected chi connectivity index (χ4v) is 1.85. The number of ether oxygens (including phenoxy) is 1. The highest BCUT2D eigenvalue weighted by atomic mass is 16.5. The van der Waals surface area contributed by atoms with Gasteiger partial charge in [-0.05, 0) is 24.8 Å². The fraction of sp³-hybridized carbons (Fsp3) is 0.769. The minimum absolute atomic E-state index is 0.407. The van der Waals surface area contributed by atoms with Crippen molar-refractivity contribution < 1.29 is 9.84 Å². The summed E-state index contributed by atoms with van der Waals surface area (Å²) in [6.45, 7) is 2.68. The standard InChI is InChI=1S/C13H23N3O2/c1-16-12(5-7-15-16)4-6-14-8-13(17)10-18-9-11-2-3-11/h5,7,11,13-14,17H,2-4,6,8-10H2,1H3. The number of hydrogen-bond acceptors (Lipinski definition) is 4. The molecule has 1 unspecified atom stereocenters. The normalized spacial score (nSPS) is 17.0. The van der Waals surface area contributed by atoms with Gasteiger partial charge in [0.1, 0.15) is 0 Å². The topological polar surface area (TPSA) is 59.3 Å². The molecule has 1 atom stereocenters. The Bertz CT molecular complexity index is 350. The lowest BCUT2D eigenvalue weighted by molar-refractivity contribution is 0.0327. The van der Waals surface area contributed by atoms with Crippen LogP contribution in [0, 0.1) is 5.92 Å². The van der Waals surface area contributed by atoms with Gasteiger partial charge in [0.25, 0.3) is 0 Å². The van der Waals surface area contributed by atoms with E-state index >= 15 is 0 Å². The van der Waals surface area contributed by atoms with E-state index in [1.165, 1.54) is 18.5 Å². The van der Waals surface area contributed by atoms with Gasteiger partial charge in [-0.15, -0.1) is 0 Å². The molecular formula is C13H23N3O2. The van der Waals surface area contributed by atoms with Crippen LogP contribution in [0.15, 0.2) is 12.3 Å². The van der Waals surface area contributed by atoms with Crippen LogP contribution in [0.5, 0.6) is 0 Å². The Balaban J connectivity index is 1.47. The van der Waals surface area contributed by atoms with Gasteiger partial charge >= 0.3 is 0 Å². The van der Waals surface area contributed by atoms with Crippen molar-refractivity contribution in [3.05, 3.63) is 18.0 Å². The first kappa shape index (κ1) is 13.5. The summed E-state index contributed by atoms with van der Waals surface area (Å²) in [5, 5.41) is 17.0. The number of aromatic nitrogens is 2. The van der Waals surface area contributed by atoms with E-state index in [4.69, 9.17) is 4.74 Å². The average molecular weight is 253 g/mol. The van der Waals surface area contributed by atoms with Crippen molar-refractivity contribution in [1.29, 1.82) is 0 Å². The molecule has 1 aliphatic carbocycles. The van der Waals surface area contributed by atoms with Gasteiger partial charge in [0.2, 0.25) is 0 Å². The van der Waals surface area contributed by atoms with Crippen molar-refractivity contribution in [2.24, 2.45) is 13.0 Å². The van der Waals surface area contributed by atoms with Crippen molar-refractivity contribution in [3.63, 3.8) is 0 Å². The van der Waals surface area contributed by atoms with Crippen molar-refractivity contribution in [3.8, 4) is 0 Å². The maximum Gasteiger partial charge on any atom is 0.0897 e. The van der Waals surface area contributed by atoms with Crippen LogP contribution in [0.2, 0.25) is 0 Å². The highest BCUT2D eigenvalue weighted by Crippen LogP contribution is 2.28. The van der Waals surface area contributed by atoms with Gasteiger partial charge in [-0.1, -0.05) is 0 Å². The van der Waals surface area contributed by atoms with Crippen LogP contribution in [-0.4, -0.2) is 47.3 Å². The van der Waals surface area contributed by atoms with Gasteiger partial charge in [-0.2, -0.15) is 5.10 Å². The lowest BCUT2D eigenvalue weighted by atomic mass is 10.3. The maximum absolute atomic E-state index is 9.69. The second-order valence-electron chi connectivity index (χ2n) is 5.03. The molecular weight excluding hydrogens is 230 g/mol. The van der Waals surface area contributed by atoms with Crippen LogP contribution >= 0.6 is 0 Å². The highest BCUT2D eigenvalue weighted by Gasteiger charge is 2.21. The van der Waals surface area contributed by atoms with E-state index < -0.39 is 6.10 Å². The minimum Gasteiger partial charge on any atom is -0.389 e. The van der Waals surface area contributed by atoms with E-state index in [0.29, 0.717) is 13.2 Å². The Morgan fingerprint density at radius 1 is 1.61 bits per heavy atom. The molecule has 0 bridgehead atoms. The van der Waals surface area contributed by atoms with Gasteiger partial charge in [0, 0.05) is 45.1 Å². The molecule has 1 fully saturated rings. The smallest absolute Gasteiger partial charge is 0.0897 e. The summed E-state index contributed by atoms with van der Waals surface area (Å²) in [5.41, 5.74) is 1.20. The first-order chi connectivity index (χ1) is 8.75. The minimum atomic E-state index is -0.407. The van der Waals surface area contributed by atoms with E-state index in [9.17, 15) is 5.11 Å². The molecule has 5 heteroatoms. The zero-order valence-corrected chi connectivity index (χ0v) is 11.0. The third kappa shape index (κ3) is 4.76. The molecule has 1 aromatic rings. The average Bonchev–Trinajstić information content (AvgIpc) is 3.08. The van der Waals surface area contributed by atoms with E-state index in [1.54, 1.807) is 6.20 Å². The zero-order valence-electron chi connectivity index (χ0n) is 11.0. The number of aliphatic hydroxyl groups excluding tert-OH is 1. The van der Waals surface area contributed by atoms with Crippen molar-refractivity contribution >= 4 is 0 Å². The van der Waals surface area contributed by atoms with Crippen LogP contribution in [0.1, 0.15) is 18.5 Å². The molecule has 2 N–H and O–H groups in total. The second kappa shape index (κ2) is 6.87. The van der Waals surface area contributed by atoms with Gasteiger partial charge in [0.05, 0.1) is 12.7 Å². The predicted octanol–water partition coefficient (Wildman–Crippen LogP) is 0.340. The van der Waals surface area contributed by atoms with E-state index in [1.807, 2.05) is 17.8 Å². The lowest BCUT2D eigenvalue weighted by Gasteiger charge is -2.12. The van der Waals surface area contributed by atoms with Crippen LogP contribution in [0.3, 0.4) is 0 Å². The largest absolute Gasteiger partial charge is 0.389 e. The van der Waals surface area contributed by atoms with Crippen molar-refractivity contribution in [1.82, 2.24) is 15.1 Å². The molecule has 0 aliphatic heterocycles. The van der Waals surface area contributed by atoms with E-state index in [-0.39, 0.29) is 0 Å². The fourth-order valence-electron chi connectivity index (χ4n) is 1.85. The number of hydrogen-bond donors (Lipinski definition) is 2. The summed E-state index contributed by atoms with van der Waals surface area (Å²) >= 11 is 0. The third-order valence-corrected chi connectivity index (χ3v) is 3.22. The van der Waals surface area contributed by atoms with Crippen LogP contribution in [-0.2, 0) is 18.2 Å². The Labute approximate surface area is 108 Å². The quantitative estimate of drug-likeness (QED) is 0.623. The SMILES string of the molecule is Cn1nccc1CCNCC(O)COCC1CC1. The summed E-state index contributed by atoms with van der Waals surface area (Å²) in [5.74, 6) is 0.759. The van der Waals surface area contributed by atoms with Gasteiger partial charge < -0.3 is 15.2 Å². The van der Waals surface area contributed by atoms with E-state index in [0.717, 1.165) is 25.5 Å². The molecule has 0 amide bonds. The zero-order chi connectivity index (χ0) is 12.8. The number of nitrogens with one attached hydrogen (secondary N) is 1. The summed E-state index contributed by atoms with van der Waals surface area (Å²) in [6, 6.07) is 2.01. The molecule has 1 heterocycles. The third-order valence-electron chi connectivity index (χ3n) is 3.22. The van der Waals surface area contributed by atoms with Gasteiger partial charge in [-0.25, -0.2) is 0 Å². The summed E-state index contributed by atoms with van der Waals surface area (Å²) in [4.78, 5) is 0. The molecule has 0 spiro atoms. The van der Waals surface area contributed by atoms with Gasteiger partial charge in [-0.3, -0.25) is 4.68 Å². The maximum atomic E-state index is 9.69. The lowest BCUT2D eigenvalue weighted by Crippen LogP contribution is -2.32.